The van der Waals surface area contributed by atoms with E-state index in [2.05, 4.69) is 44.7 Å². The van der Waals surface area contributed by atoms with Gasteiger partial charge in [-0.15, -0.1) is 0 Å². The first-order chi connectivity index (χ1) is 15.2. The molecule has 4 heteroatoms. The van der Waals surface area contributed by atoms with Gasteiger partial charge < -0.3 is 14.6 Å². The van der Waals surface area contributed by atoms with E-state index in [9.17, 15) is 9.90 Å². The Kier molecular flexibility index (Phi) is 7.51. The number of rotatable bonds is 6. The minimum atomic E-state index is -0.874. The number of carbonyl (C=O) groups is 1. The summed E-state index contributed by atoms with van der Waals surface area (Å²) < 4.78 is 11.7. The molecule has 0 aromatic heterocycles. The quantitative estimate of drug-likeness (QED) is 0.552. The van der Waals surface area contributed by atoms with Gasteiger partial charge in [0.05, 0.1) is 25.0 Å². The normalized spacial score (nSPS) is 16.0. The third-order valence-electron chi connectivity index (χ3n) is 6.16. The Morgan fingerprint density at radius 2 is 1.72 bits per heavy atom. The molecule has 2 aromatic rings. The lowest BCUT2D eigenvalue weighted by Gasteiger charge is -2.20. The maximum absolute atomic E-state index is 11.8. The molecule has 1 aliphatic rings. The van der Waals surface area contributed by atoms with E-state index < -0.39 is 17.8 Å². The maximum Gasteiger partial charge on any atom is 0.307 e. The second kappa shape index (κ2) is 10.1. The van der Waals surface area contributed by atoms with E-state index in [0.717, 1.165) is 24.0 Å². The fraction of sp³-hybridized carbons (Fsp3) is 0.464. The van der Waals surface area contributed by atoms with Crippen molar-refractivity contribution in [3.63, 3.8) is 0 Å². The molecule has 2 atom stereocenters. The van der Waals surface area contributed by atoms with Crippen LogP contribution < -0.4 is 9.47 Å². The zero-order valence-corrected chi connectivity index (χ0v) is 19.8. The minimum absolute atomic E-state index is 0.0745. The fourth-order valence-electron chi connectivity index (χ4n) is 4.02. The van der Waals surface area contributed by atoms with Gasteiger partial charge in [-0.3, -0.25) is 4.79 Å². The molecule has 0 heterocycles. The van der Waals surface area contributed by atoms with Crippen molar-refractivity contribution in [3.05, 3.63) is 59.2 Å². The van der Waals surface area contributed by atoms with Gasteiger partial charge in [0.2, 0.25) is 0 Å². The lowest BCUT2D eigenvalue weighted by atomic mass is 9.86. The van der Waals surface area contributed by atoms with Crippen molar-refractivity contribution in [2.45, 2.75) is 70.8 Å². The van der Waals surface area contributed by atoms with Gasteiger partial charge in [0.1, 0.15) is 0 Å². The molecule has 1 N–H and O–H groups in total. The lowest BCUT2D eigenvalue weighted by molar-refractivity contribution is -0.141. The minimum Gasteiger partial charge on any atom is -0.493 e. The Balaban J connectivity index is 1.93. The molecule has 32 heavy (non-hydrogen) atoms. The van der Waals surface area contributed by atoms with Crippen molar-refractivity contribution in [2.24, 2.45) is 5.92 Å². The number of hydrogen-bond donors (Lipinski definition) is 1. The Morgan fingerprint density at radius 1 is 1.06 bits per heavy atom. The predicted molar refractivity (Wildman–Crippen MR) is 127 cm³/mol. The molecule has 1 unspecified atom stereocenters. The molecule has 0 amide bonds. The number of carboxylic acids is 1. The van der Waals surface area contributed by atoms with Gasteiger partial charge in [-0.05, 0) is 66.5 Å². The maximum atomic E-state index is 11.8. The van der Waals surface area contributed by atoms with Gasteiger partial charge in [-0.2, -0.15) is 0 Å². The van der Waals surface area contributed by atoms with Crippen LogP contribution in [-0.4, -0.2) is 24.3 Å². The van der Waals surface area contributed by atoms with Crippen LogP contribution in [0.25, 0.3) is 0 Å². The van der Waals surface area contributed by atoms with E-state index in [1.807, 2.05) is 30.3 Å². The largest absolute Gasteiger partial charge is 0.493 e. The summed E-state index contributed by atoms with van der Waals surface area (Å²) in [6, 6.07) is 13.8. The Morgan fingerprint density at radius 3 is 2.28 bits per heavy atom. The molecule has 0 spiro atoms. The van der Waals surface area contributed by atoms with E-state index in [-0.39, 0.29) is 11.5 Å². The summed E-state index contributed by atoms with van der Waals surface area (Å²) in [5, 5.41) is 9.71. The third kappa shape index (κ3) is 5.85. The standard InChI is InChI=1S/C28H34O4/c1-19(27(29)30)24(16-12-20-10-14-22(15-11-20)28(2,3)4)21-13-17-25(31-5)26(18-21)32-23-8-6-7-9-23/h10-11,13-15,17-19,23-24H,6-9H2,1-5H3,(H,29,30)/t19-,24?/m0/s1. The number of hydrogen-bond acceptors (Lipinski definition) is 3. The van der Waals surface area contributed by atoms with Crippen LogP contribution in [0.15, 0.2) is 42.5 Å². The molecule has 0 radical (unpaired) electrons. The molecule has 0 aliphatic heterocycles. The first-order valence-electron chi connectivity index (χ1n) is 11.4. The van der Waals surface area contributed by atoms with Crippen molar-refractivity contribution in [2.75, 3.05) is 7.11 Å². The lowest BCUT2D eigenvalue weighted by Crippen LogP contribution is -2.18. The molecule has 0 saturated heterocycles. The van der Waals surface area contributed by atoms with Crippen LogP contribution in [-0.2, 0) is 10.2 Å². The third-order valence-corrected chi connectivity index (χ3v) is 6.16. The molecule has 3 rings (SSSR count). The van der Waals surface area contributed by atoms with Gasteiger partial charge in [-0.25, -0.2) is 0 Å². The van der Waals surface area contributed by atoms with Crippen LogP contribution in [0.5, 0.6) is 11.5 Å². The second-order valence-corrected chi connectivity index (χ2v) is 9.64. The number of methoxy groups -OCH3 is 1. The van der Waals surface area contributed by atoms with Crippen LogP contribution in [0, 0.1) is 17.8 Å². The molecule has 1 aliphatic carbocycles. The van der Waals surface area contributed by atoms with E-state index in [0.29, 0.717) is 11.5 Å². The van der Waals surface area contributed by atoms with Crippen molar-refractivity contribution >= 4 is 5.97 Å². The Hall–Kier alpha value is -2.93. The van der Waals surface area contributed by atoms with Gasteiger partial charge in [0.15, 0.2) is 11.5 Å². The molecule has 1 saturated carbocycles. The second-order valence-electron chi connectivity index (χ2n) is 9.64. The topological polar surface area (TPSA) is 55.8 Å². The molecular weight excluding hydrogens is 400 g/mol. The zero-order valence-electron chi connectivity index (χ0n) is 19.8. The summed E-state index contributed by atoms with van der Waals surface area (Å²) in [6.45, 7) is 8.22. The number of benzene rings is 2. The summed E-state index contributed by atoms with van der Waals surface area (Å²) >= 11 is 0. The van der Waals surface area contributed by atoms with Crippen LogP contribution in [0.3, 0.4) is 0 Å². The van der Waals surface area contributed by atoms with Crippen LogP contribution in [0.1, 0.15) is 76.0 Å². The molecular formula is C28H34O4. The monoisotopic (exact) mass is 434 g/mol. The average Bonchev–Trinajstić information content (AvgIpc) is 3.26. The van der Waals surface area contributed by atoms with Crippen LogP contribution >= 0.6 is 0 Å². The van der Waals surface area contributed by atoms with E-state index in [1.165, 1.54) is 18.4 Å². The van der Waals surface area contributed by atoms with Crippen molar-refractivity contribution in [1.82, 2.24) is 0 Å². The van der Waals surface area contributed by atoms with Crippen LogP contribution in [0.2, 0.25) is 0 Å². The first kappa shape index (κ1) is 23.7. The summed E-state index contributed by atoms with van der Waals surface area (Å²) in [5.41, 5.74) is 3.01. The number of aliphatic carboxylic acids is 1. The highest BCUT2D eigenvalue weighted by molar-refractivity contribution is 5.72. The molecule has 4 nitrogen and oxygen atoms in total. The van der Waals surface area contributed by atoms with E-state index >= 15 is 0 Å². The van der Waals surface area contributed by atoms with Gasteiger partial charge in [-0.1, -0.05) is 57.7 Å². The SMILES string of the molecule is COc1ccc(C(C#Cc2ccc(C(C)(C)C)cc2)[C@H](C)C(=O)O)cc1OC1CCCC1. The average molecular weight is 435 g/mol. The summed E-state index contributed by atoms with van der Waals surface area (Å²) in [5.74, 6) is 5.74. The van der Waals surface area contributed by atoms with Crippen molar-refractivity contribution in [1.29, 1.82) is 0 Å². The highest BCUT2D eigenvalue weighted by atomic mass is 16.5. The predicted octanol–water partition coefficient (Wildman–Crippen LogP) is 6.17. The Bertz CT molecular complexity index is 983. The van der Waals surface area contributed by atoms with Gasteiger partial charge >= 0.3 is 5.97 Å². The summed E-state index contributed by atoms with van der Waals surface area (Å²) in [7, 11) is 1.62. The Labute approximate surface area is 192 Å². The van der Waals surface area contributed by atoms with E-state index in [4.69, 9.17) is 9.47 Å². The smallest absolute Gasteiger partial charge is 0.307 e. The number of ether oxygens (including phenoxy) is 2. The first-order valence-corrected chi connectivity index (χ1v) is 11.4. The van der Waals surface area contributed by atoms with E-state index in [1.54, 1.807) is 14.0 Å². The molecule has 0 bridgehead atoms. The van der Waals surface area contributed by atoms with Gasteiger partial charge in [0, 0.05) is 5.56 Å². The molecule has 2 aromatic carbocycles. The molecule has 1 fully saturated rings. The molecule has 170 valence electrons. The van der Waals surface area contributed by atoms with Crippen LogP contribution in [0.4, 0.5) is 0 Å². The highest BCUT2D eigenvalue weighted by Crippen LogP contribution is 2.36. The fourth-order valence-corrected chi connectivity index (χ4v) is 4.02. The number of carboxylic acid groups (broad SMARTS) is 1. The zero-order chi connectivity index (χ0) is 23.3. The summed E-state index contributed by atoms with van der Waals surface area (Å²) in [6.07, 6.45) is 4.59. The van der Waals surface area contributed by atoms with Gasteiger partial charge in [0.25, 0.3) is 0 Å². The summed E-state index contributed by atoms with van der Waals surface area (Å²) in [4.78, 5) is 11.8. The van der Waals surface area contributed by atoms with Crippen molar-refractivity contribution < 1.29 is 19.4 Å². The van der Waals surface area contributed by atoms with Crippen molar-refractivity contribution in [3.8, 4) is 23.3 Å². The highest BCUT2D eigenvalue weighted by Gasteiger charge is 2.26.